The van der Waals surface area contributed by atoms with Gasteiger partial charge in [0.25, 0.3) is 0 Å². The molecule has 0 N–H and O–H groups in total. The molecule has 9 heteroatoms. The number of aliphatic imine (C=N–C) groups is 1. The highest BCUT2D eigenvalue weighted by Gasteiger charge is 2.15. The lowest BCUT2D eigenvalue weighted by molar-refractivity contribution is 0.299. The number of hydrogen-bond acceptors (Lipinski definition) is 8. The number of fused-ring (bicyclic) bond motifs is 1. The third kappa shape index (κ3) is 4.30. The maximum absolute atomic E-state index is 6.10. The van der Waals surface area contributed by atoms with Crippen LogP contribution in [0.2, 0.25) is 0 Å². The van der Waals surface area contributed by atoms with E-state index < -0.39 is 0 Å². The van der Waals surface area contributed by atoms with Gasteiger partial charge in [-0.3, -0.25) is 4.99 Å². The van der Waals surface area contributed by atoms with Crippen LogP contribution in [0.25, 0.3) is 4.96 Å². The van der Waals surface area contributed by atoms with Gasteiger partial charge >= 0.3 is 0 Å². The average molecular weight is 420 g/mol. The van der Waals surface area contributed by atoms with Gasteiger partial charge in [0, 0.05) is 5.75 Å². The molecular formula is C18H21N5OS3. The summed E-state index contributed by atoms with van der Waals surface area (Å²) in [5.74, 6) is 4.01. The van der Waals surface area contributed by atoms with Crippen LogP contribution in [0.5, 0.6) is 5.75 Å². The normalized spacial score (nSPS) is 14.3. The third-order valence-electron chi connectivity index (χ3n) is 4.12. The van der Waals surface area contributed by atoms with E-state index in [1.54, 1.807) is 23.5 Å². The summed E-state index contributed by atoms with van der Waals surface area (Å²) in [7, 11) is 0. The SMILES string of the molecule is Cc1ccc(C(C)C)c(OCc2nn3c(CSC4=NCCS4)nnc3s2)c1. The van der Waals surface area contributed by atoms with Crippen molar-refractivity contribution in [2.45, 2.75) is 39.0 Å². The van der Waals surface area contributed by atoms with Crippen LogP contribution in [0, 0.1) is 6.92 Å². The van der Waals surface area contributed by atoms with Gasteiger partial charge in [0.1, 0.15) is 16.7 Å². The van der Waals surface area contributed by atoms with Crippen LogP contribution >= 0.6 is 34.9 Å². The topological polar surface area (TPSA) is 64.7 Å². The van der Waals surface area contributed by atoms with E-state index in [4.69, 9.17) is 4.74 Å². The molecule has 1 aliphatic heterocycles. The summed E-state index contributed by atoms with van der Waals surface area (Å²) in [6.45, 7) is 7.79. The number of aryl methyl sites for hydroxylation is 1. The molecule has 0 atom stereocenters. The van der Waals surface area contributed by atoms with Gasteiger partial charge < -0.3 is 4.74 Å². The standard InChI is InChI=1S/C18H21N5OS3/c1-11(2)13-5-4-12(3)8-14(13)24-9-16-22-23-15(20-21-17(23)27-16)10-26-18-19-6-7-25-18/h4-5,8,11H,6-7,9-10H2,1-3H3. The molecule has 0 aliphatic carbocycles. The number of hydrogen-bond donors (Lipinski definition) is 0. The van der Waals surface area contributed by atoms with Crippen LogP contribution in [-0.2, 0) is 12.4 Å². The van der Waals surface area contributed by atoms with Crippen molar-refractivity contribution < 1.29 is 4.74 Å². The van der Waals surface area contributed by atoms with Crippen LogP contribution in [0.15, 0.2) is 23.2 Å². The Kier molecular flexibility index (Phi) is 5.70. The Morgan fingerprint density at radius 3 is 2.96 bits per heavy atom. The summed E-state index contributed by atoms with van der Waals surface area (Å²) in [6.07, 6.45) is 0. The van der Waals surface area contributed by atoms with Gasteiger partial charge in [-0.15, -0.1) is 10.2 Å². The van der Waals surface area contributed by atoms with E-state index >= 15 is 0 Å². The summed E-state index contributed by atoms with van der Waals surface area (Å²) in [4.78, 5) is 5.26. The Morgan fingerprint density at radius 2 is 2.19 bits per heavy atom. The number of rotatable bonds is 6. The van der Waals surface area contributed by atoms with Crippen molar-refractivity contribution in [1.29, 1.82) is 0 Å². The number of benzene rings is 1. The zero-order valence-electron chi connectivity index (χ0n) is 15.5. The summed E-state index contributed by atoms with van der Waals surface area (Å²) in [5.41, 5.74) is 2.41. The molecule has 1 aliphatic rings. The van der Waals surface area contributed by atoms with Crippen LogP contribution in [0.3, 0.4) is 0 Å². The minimum atomic E-state index is 0.415. The van der Waals surface area contributed by atoms with Crippen molar-refractivity contribution in [1.82, 2.24) is 19.8 Å². The molecule has 4 rings (SSSR count). The Balaban J connectivity index is 1.46. The molecular weight excluding hydrogens is 398 g/mol. The number of aromatic nitrogens is 4. The Hall–Kier alpha value is -1.58. The lowest BCUT2D eigenvalue weighted by Crippen LogP contribution is -2.02. The average Bonchev–Trinajstić information content (AvgIpc) is 3.35. The molecule has 3 heterocycles. The smallest absolute Gasteiger partial charge is 0.234 e. The van der Waals surface area contributed by atoms with Crippen molar-refractivity contribution in [2.24, 2.45) is 4.99 Å². The van der Waals surface area contributed by atoms with Gasteiger partial charge in [0.15, 0.2) is 10.8 Å². The fraction of sp³-hybridized carbons (Fsp3) is 0.444. The molecule has 2 aromatic heterocycles. The second-order valence-electron chi connectivity index (χ2n) is 6.58. The molecule has 0 bridgehead atoms. The molecule has 3 aromatic rings. The Labute approximate surface area is 170 Å². The van der Waals surface area contributed by atoms with Crippen molar-refractivity contribution in [2.75, 3.05) is 12.3 Å². The predicted octanol–water partition coefficient (Wildman–Crippen LogP) is 4.53. The molecule has 142 valence electrons. The predicted molar refractivity (Wildman–Crippen MR) is 114 cm³/mol. The van der Waals surface area contributed by atoms with Crippen LogP contribution in [0.4, 0.5) is 0 Å². The van der Waals surface area contributed by atoms with Gasteiger partial charge in [-0.25, -0.2) is 0 Å². The first-order valence-corrected chi connectivity index (χ1v) is 11.6. The Bertz CT molecular complexity index is 979. The minimum absolute atomic E-state index is 0.415. The zero-order valence-corrected chi connectivity index (χ0v) is 18.0. The van der Waals surface area contributed by atoms with Crippen LogP contribution < -0.4 is 4.74 Å². The molecule has 0 saturated carbocycles. The first-order valence-electron chi connectivity index (χ1n) is 8.83. The molecule has 6 nitrogen and oxygen atoms in total. The highest BCUT2D eigenvalue weighted by Crippen LogP contribution is 2.29. The maximum Gasteiger partial charge on any atom is 0.234 e. The van der Waals surface area contributed by atoms with Crippen LogP contribution in [-0.4, -0.2) is 36.5 Å². The second-order valence-corrected chi connectivity index (χ2v) is 9.92. The van der Waals surface area contributed by atoms with E-state index in [9.17, 15) is 0 Å². The first-order chi connectivity index (χ1) is 13.1. The van der Waals surface area contributed by atoms with E-state index in [1.807, 2.05) is 4.52 Å². The van der Waals surface area contributed by atoms with Crippen molar-refractivity contribution in [3.05, 3.63) is 40.2 Å². The first kappa shape index (κ1) is 18.8. The molecule has 0 amide bonds. The monoisotopic (exact) mass is 419 g/mol. The summed E-state index contributed by atoms with van der Waals surface area (Å²) in [6, 6.07) is 6.37. The zero-order chi connectivity index (χ0) is 18.8. The van der Waals surface area contributed by atoms with Crippen molar-refractivity contribution in [3.8, 4) is 5.75 Å². The molecule has 1 aromatic carbocycles. The summed E-state index contributed by atoms with van der Waals surface area (Å²) in [5, 5.41) is 14.1. The fourth-order valence-corrected chi connectivity index (χ4v) is 5.44. The molecule has 0 saturated heterocycles. The summed E-state index contributed by atoms with van der Waals surface area (Å²) < 4.78 is 9.06. The van der Waals surface area contributed by atoms with Gasteiger partial charge in [-0.2, -0.15) is 9.61 Å². The number of thioether (sulfide) groups is 2. The molecule has 0 radical (unpaired) electrons. The van der Waals surface area contributed by atoms with Crippen LogP contribution in [0.1, 0.15) is 41.7 Å². The van der Waals surface area contributed by atoms with E-state index in [0.717, 1.165) is 44.0 Å². The lowest BCUT2D eigenvalue weighted by Gasteiger charge is -2.14. The van der Waals surface area contributed by atoms with E-state index in [-0.39, 0.29) is 0 Å². The van der Waals surface area contributed by atoms with Crippen molar-refractivity contribution >= 4 is 44.2 Å². The number of ether oxygens (including phenoxy) is 1. The van der Waals surface area contributed by atoms with Gasteiger partial charge in [-0.05, 0) is 30.0 Å². The molecule has 27 heavy (non-hydrogen) atoms. The lowest BCUT2D eigenvalue weighted by atomic mass is 10.0. The highest BCUT2D eigenvalue weighted by molar-refractivity contribution is 8.38. The van der Waals surface area contributed by atoms with E-state index in [2.05, 4.69) is 59.3 Å². The fourth-order valence-electron chi connectivity index (χ4n) is 2.76. The largest absolute Gasteiger partial charge is 0.486 e. The van der Waals surface area contributed by atoms with E-state index in [1.165, 1.54) is 22.5 Å². The van der Waals surface area contributed by atoms with Crippen molar-refractivity contribution in [3.63, 3.8) is 0 Å². The minimum Gasteiger partial charge on any atom is -0.486 e. The third-order valence-corrected chi connectivity index (χ3v) is 7.24. The number of nitrogens with zero attached hydrogens (tertiary/aromatic N) is 5. The Morgan fingerprint density at radius 1 is 1.30 bits per heavy atom. The van der Waals surface area contributed by atoms with Gasteiger partial charge in [-0.1, -0.05) is 60.8 Å². The highest BCUT2D eigenvalue weighted by atomic mass is 32.2. The van der Waals surface area contributed by atoms with Gasteiger partial charge in [0.2, 0.25) is 4.96 Å². The summed E-state index contributed by atoms with van der Waals surface area (Å²) >= 11 is 5.03. The maximum atomic E-state index is 6.10. The molecule has 0 fully saturated rings. The quantitative estimate of drug-likeness (QED) is 0.585. The van der Waals surface area contributed by atoms with E-state index in [0.29, 0.717) is 12.5 Å². The molecule has 0 unspecified atom stereocenters. The van der Waals surface area contributed by atoms with Gasteiger partial charge in [0.05, 0.1) is 12.3 Å². The molecule has 0 spiro atoms. The second kappa shape index (κ2) is 8.20.